The Bertz CT molecular complexity index is 515. The highest BCUT2D eigenvalue weighted by molar-refractivity contribution is 7.14. The number of carbonyl (C=O) groups excluding carboxylic acids is 1. The van der Waals surface area contributed by atoms with E-state index in [0.717, 1.165) is 56.9 Å². The van der Waals surface area contributed by atoms with Gasteiger partial charge < -0.3 is 9.64 Å². The van der Waals surface area contributed by atoms with Gasteiger partial charge in [-0.3, -0.25) is 9.69 Å². The zero-order valence-electron chi connectivity index (χ0n) is 14.9. The molecule has 0 aliphatic carbocycles. The fourth-order valence-corrected chi connectivity index (χ4v) is 4.31. The van der Waals surface area contributed by atoms with Crippen LogP contribution in [-0.4, -0.2) is 61.6 Å². The van der Waals surface area contributed by atoms with Crippen LogP contribution in [0.2, 0.25) is 0 Å². The third kappa shape index (κ3) is 4.55. The van der Waals surface area contributed by atoms with Gasteiger partial charge in [0.25, 0.3) is 5.91 Å². The normalized spacial score (nSPS) is 19.3. The minimum atomic E-state index is 0.213. The van der Waals surface area contributed by atoms with Gasteiger partial charge in [-0.15, -0.1) is 11.3 Å². The van der Waals surface area contributed by atoms with Crippen molar-refractivity contribution in [3.63, 3.8) is 0 Å². The number of amides is 1. The van der Waals surface area contributed by atoms with Crippen LogP contribution in [0.4, 0.5) is 0 Å². The monoisotopic (exact) mass is 338 g/mol. The van der Waals surface area contributed by atoms with Crippen molar-refractivity contribution in [1.82, 2.24) is 9.80 Å². The molecule has 0 radical (unpaired) electrons. The second kappa shape index (κ2) is 8.81. The summed E-state index contributed by atoms with van der Waals surface area (Å²) in [6.07, 6.45) is 3.26. The van der Waals surface area contributed by atoms with E-state index in [1.165, 1.54) is 10.4 Å². The Morgan fingerprint density at radius 1 is 1.39 bits per heavy atom. The van der Waals surface area contributed by atoms with Crippen molar-refractivity contribution in [3.05, 3.63) is 21.4 Å². The Kier molecular flexibility index (Phi) is 7.06. The first kappa shape index (κ1) is 18.4. The van der Waals surface area contributed by atoms with Crippen LogP contribution in [0.5, 0.6) is 0 Å². The highest BCUT2D eigenvalue weighted by Crippen LogP contribution is 2.25. The van der Waals surface area contributed by atoms with Crippen molar-refractivity contribution in [1.29, 1.82) is 0 Å². The number of carbonyl (C=O) groups is 1. The summed E-state index contributed by atoms with van der Waals surface area (Å²) in [5, 5.41) is 0. The Hall–Kier alpha value is -0.910. The first-order chi connectivity index (χ1) is 11.1. The molecule has 130 valence electrons. The molecule has 2 rings (SSSR count). The van der Waals surface area contributed by atoms with E-state index in [-0.39, 0.29) is 5.91 Å². The van der Waals surface area contributed by atoms with Gasteiger partial charge in [-0.2, -0.15) is 0 Å². The molecule has 1 atom stereocenters. The molecule has 1 aliphatic heterocycles. The molecule has 1 amide bonds. The summed E-state index contributed by atoms with van der Waals surface area (Å²) in [6.45, 7) is 10.8. The SMILES string of the molecule is CCCc1cc(C(=O)N2CCN(CCOC)C(CC)C2)sc1C. The smallest absolute Gasteiger partial charge is 0.264 e. The van der Waals surface area contributed by atoms with E-state index >= 15 is 0 Å². The fourth-order valence-electron chi connectivity index (χ4n) is 3.27. The number of piperazine rings is 1. The minimum Gasteiger partial charge on any atom is -0.383 e. The first-order valence-electron chi connectivity index (χ1n) is 8.72. The molecule has 1 unspecified atom stereocenters. The number of ether oxygens (including phenoxy) is 1. The minimum absolute atomic E-state index is 0.213. The Balaban J connectivity index is 2.02. The molecular formula is C18H30N2O2S. The van der Waals surface area contributed by atoms with Crippen LogP contribution in [0.25, 0.3) is 0 Å². The lowest BCUT2D eigenvalue weighted by Gasteiger charge is -2.41. The maximum absolute atomic E-state index is 12.8. The molecule has 0 bridgehead atoms. The van der Waals surface area contributed by atoms with E-state index in [1.807, 2.05) is 4.90 Å². The Morgan fingerprint density at radius 3 is 2.83 bits per heavy atom. The highest BCUT2D eigenvalue weighted by atomic mass is 32.1. The van der Waals surface area contributed by atoms with Gasteiger partial charge in [0.15, 0.2) is 0 Å². The second-order valence-corrected chi connectivity index (χ2v) is 7.54. The second-order valence-electron chi connectivity index (χ2n) is 6.28. The average molecular weight is 339 g/mol. The molecule has 0 saturated carbocycles. The Labute approximate surface area is 144 Å². The summed E-state index contributed by atoms with van der Waals surface area (Å²) in [5.74, 6) is 0.213. The third-order valence-corrected chi connectivity index (χ3v) is 5.78. The molecule has 0 spiro atoms. The zero-order chi connectivity index (χ0) is 16.8. The molecule has 1 saturated heterocycles. The maximum atomic E-state index is 12.8. The number of nitrogens with zero attached hydrogens (tertiary/aromatic N) is 2. The number of rotatable bonds is 7. The zero-order valence-corrected chi connectivity index (χ0v) is 15.7. The van der Waals surface area contributed by atoms with Crippen LogP contribution in [0, 0.1) is 6.92 Å². The number of hydrogen-bond acceptors (Lipinski definition) is 4. The number of methoxy groups -OCH3 is 1. The third-order valence-electron chi connectivity index (χ3n) is 4.70. The lowest BCUT2D eigenvalue weighted by molar-refractivity contribution is 0.0388. The van der Waals surface area contributed by atoms with Gasteiger partial charge >= 0.3 is 0 Å². The molecule has 1 aromatic rings. The molecule has 0 aromatic carbocycles. The molecule has 23 heavy (non-hydrogen) atoms. The van der Waals surface area contributed by atoms with E-state index < -0.39 is 0 Å². The number of thiophene rings is 1. The summed E-state index contributed by atoms with van der Waals surface area (Å²) in [7, 11) is 1.74. The predicted molar refractivity (Wildman–Crippen MR) is 96.5 cm³/mol. The van der Waals surface area contributed by atoms with Crippen LogP contribution in [0.3, 0.4) is 0 Å². The average Bonchev–Trinajstić information content (AvgIpc) is 2.93. The van der Waals surface area contributed by atoms with Crippen molar-refractivity contribution in [2.75, 3.05) is 39.9 Å². The molecule has 5 heteroatoms. The molecule has 1 aromatic heterocycles. The van der Waals surface area contributed by atoms with Crippen LogP contribution >= 0.6 is 11.3 Å². The van der Waals surface area contributed by atoms with Gasteiger partial charge in [0.1, 0.15) is 0 Å². The summed E-state index contributed by atoms with van der Waals surface area (Å²) in [5.41, 5.74) is 1.34. The first-order valence-corrected chi connectivity index (χ1v) is 9.53. The molecule has 4 nitrogen and oxygen atoms in total. The highest BCUT2D eigenvalue weighted by Gasteiger charge is 2.29. The molecular weight excluding hydrogens is 308 g/mol. The van der Waals surface area contributed by atoms with Gasteiger partial charge in [0, 0.05) is 44.2 Å². The number of aryl methyl sites for hydroxylation is 2. The van der Waals surface area contributed by atoms with Crippen molar-refractivity contribution in [2.24, 2.45) is 0 Å². The van der Waals surface area contributed by atoms with E-state index in [9.17, 15) is 4.79 Å². The van der Waals surface area contributed by atoms with Gasteiger partial charge in [0.05, 0.1) is 11.5 Å². The summed E-state index contributed by atoms with van der Waals surface area (Å²) in [6, 6.07) is 2.56. The molecule has 2 heterocycles. The number of hydrogen-bond donors (Lipinski definition) is 0. The largest absolute Gasteiger partial charge is 0.383 e. The summed E-state index contributed by atoms with van der Waals surface area (Å²) < 4.78 is 5.20. The van der Waals surface area contributed by atoms with E-state index in [4.69, 9.17) is 4.74 Å². The van der Waals surface area contributed by atoms with Crippen molar-refractivity contribution in [2.45, 2.75) is 46.1 Å². The Morgan fingerprint density at radius 2 is 2.17 bits per heavy atom. The van der Waals surface area contributed by atoms with E-state index in [0.29, 0.717) is 6.04 Å². The lowest BCUT2D eigenvalue weighted by atomic mass is 10.1. The van der Waals surface area contributed by atoms with Gasteiger partial charge in [0.2, 0.25) is 0 Å². The standard InChI is InChI=1S/C18H30N2O2S/c1-5-7-15-12-17(23-14(15)3)18(21)20-9-8-19(10-11-22-4)16(6-2)13-20/h12,16H,5-11,13H2,1-4H3. The molecule has 0 N–H and O–H groups in total. The fraction of sp³-hybridized carbons (Fsp3) is 0.722. The van der Waals surface area contributed by atoms with Crippen LogP contribution in [0.1, 0.15) is 46.8 Å². The predicted octanol–water partition coefficient (Wildman–Crippen LogP) is 3.19. The summed E-state index contributed by atoms with van der Waals surface area (Å²) >= 11 is 1.65. The van der Waals surface area contributed by atoms with Crippen molar-refractivity contribution >= 4 is 17.2 Å². The van der Waals surface area contributed by atoms with Crippen LogP contribution in [0.15, 0.2) is 6.07 Å². The van der Waals surface area contributed by atoms with Gasteiger partial charge in [-0.25, -0.2) is 0 Å². The molecule has 1 aliphatic rings. The van der Waals surface area contributed by atoms with Crippen molar-refractivity contribution in [3.8, 4) is 0 Å². The van der Waals surface area contributed by atoms with Crippen molar-refractivity contribution < 1.29 is 9.53 Å². The maximum Gasteiger partial charge on any atom is 0.264 e. The van der Waals surface area contributed by atoms with Crippen LogP contribution in [-0.2, 0) is 11.2 Å². The van der Waals surface area contributed by atoms with Crippen LogP contribution < -0.4 is 0 Å². The van der Waals surface area contributed by atoms with E-state index in [1.54, 1.807) is 18.4 Å². The van der Waals surface area contributed by atoms with Gasteiger partial charge in [-0.05, 0) is 31.4 Å². The topological polar surface area (TPSA) is 32.8 Å². The van der Waals surface area contributed by atoms with Gasteiger partial charge in [-0.1, -0.05) is 20.3 Å². The lowest BCUT2D eigenvalue weighted by Crippen LogP contribution is -2.55. The quantitative estimate of drug-likeness (QED) is 0.765. The summed E-state index contributed by atoms with van der Waals surface area (Å²) in [4.78, 5) is 19.5. The van der Waals surface area contributed by atoms with E-state index in [2.05, 4.69) is 31.7 Å². The molecule has 1 fully saturated rings.